The van der Waals surface area contributed by atoms with Crippen LogP contribution in [0.3, 0.4) is 0 Å². The number of hydrogen-bond acceptors (Lipinski definition) is 4. The van der Waals surface area contributed by atoms with E-state index in [4.69, 9.17) is 10.5 Å². The van der Waals surface area contributed by atoms with Gasteiger partial charge in [-0.2, -0.15) is 0 Å². The standard InChI is InChI=1S/C13H12BrN3O2/c1-19-12-6-9(3-4-10(12)14)17-13(18)11-5-2-8(15)7-16-11/h2-7H,15H2,1H3,(H,17,18). The highest BCUT2D eigenvalue weighted by Crippen LogP contribution is 2.27. The molecule has 5 nitrogen and oxygen atoms in total. The number of hydrogen-bond donors (Lipinski definition) is 2. The highest BCUT2D eigenvalue weighted by molar-refractivity contribution is 9.10. The summed E-state index contributed by atoms with van der Waals surface area (Å²) in [4.78, 5) is 15.9. The first-order valence-corrected chi connectivity index (χ1v) is 6.26. The molecule has 2 aromatic rings. The van der Waals surface area contributed by atoms with Crippen molar-refractivity contribution >= 4 is 33.2 Å². The molecule has 0 unspecified atom stereocenters. The largest absolute Gasteiger partial charge is 0.495 e. The maximum Gasteiger partial charge on any atom is 0.274 e. The second kappa shape index (κ2) is 5.71. The maximum atomic E-state index is 11.9. The van der Waals surface area contributed by atoms with Gasteiger partial charge in [-0.05, 0) is 40.2 Å². The second-order valence-electron chi connectivity index (χ2n) is 3.78. The molecule has 0 atom stereocenters. The Balaban J connectivity index is 2.17. The van der Waals surface area contributed by atoms with Crippen LogP contribution in [0.15, 0.2) is 41.0 Å². The molecular formula is C13H12BrN3O2. The molecule has 3 N–H and O–H groups in total. The molecule has 0 fully saturated rings. The molecule has 0 aliphatic rings. The summed E-state index contributed by atoms with van der Waals surface area (Å²) in [6.07, 6.45) is 1.44. The maximum absolute atomic E-state index is 11.9. The molecule has 0 aliphatic heterocycles. The third-order valence-corrected chi connectivity index (χ3v) is 3.08. The number of anilines is 2. The predicted octanol–water partition coefficient (Wildman–Crippen LogP) is 2.69. The molecule has 19 heavy (non-hydrogen) atoms. The number of halogens is 1. The van der Waals surface area contributed by atoms with Crippen LogP contribution in [0.2, 0.25) is 0 Å². The molecule has 0 saturated carbocycles. The second-order valence-corrected chi connectivity index (χ2v) is 4.63. The Hall–Kier alpha value is -2.08. The molecule has 0 aliphatic carbocycles. The molecule has 6 heteroatoms. The fraction of sp³-hybridized carbons (Fsp3) is 0.0769. The number of methoxy groups -OCH3 is 1. The van der Waals surface area contributed by atoms with Crippen molar-refractivity contribution in [3.8, 4) is 5.75 Å². The zero-order chi connectivity index (χ0) is 13.8. The van der Waals surface area contributed by atoms with E-state index in [1.165, 1.54) is 6.20 Å². The summed E-state index contributed by atoms with van der Waals surface area (Å²) >= 11 is 3.35. The normalized spacial score (nSPS) is 10.0. The minimum absolute atomic E-state index is 0.302. The smallest absolute Gasteiger partial charge is 0.274 e. The van der Waals surface area contributed by atoms with Crippen LogP contribution in [-0.4, -0.2) is 18.0 Å². The number of nitrogens with one attached hydrogen (secondary N) is 1. The third-order valence-electron chi connectivity index (χ3n) is 2.43. The number of pyridine rings is 1. The van der Waals surface area contributed by atoms with E-state index in [9.17, 15) is 4.79 Å². The average Bonchev–Trinajstić information content (AvgIpc) is 2.41. The number of nitrogen functional groups attached to an aromatic ring is 1. The summed E-state index contributed by atoms with van der Waals surface area (Å²) in [5, 5.41) is 2.74. The lowest BCUT2D eigenvalue weighted by molar-refractivity contribution is 0.102. The molecule has 0 saturated heterocycles. The third kappa shape index (κ3) is 3.23. The number of nitrogens with zero attached hydrogens (tertiary/aromatic N) is 1. The van der Waals surface area contributed by atoms with E-state index in [1.807, 2.05) is 0 Å². The summed E-state index contributed by atoms with van der Waals surface area (Å²) in [6.45, 7) is 0. The highest BCUT2D eigenvalue weighted by atomic mass is 79.9. The van der Waals surface area contributed by atoms with Crippen LogP contribution < -0.4 is 15.8 Å². The Morgan fingerprint density at radius 1 is 1.37 bits per heavy atom. The van der Waals surface area contributed by atoms with E-state index in [1.54, 1.807) is 37.4 Å². The van der Waals surface area contributed by atoms with Crippen LogP contribution >= 0.6 is 15.9 Å². The molecule has 98 valence electrons. The summed E-state index contributed by atoms with van der Waals surface area (Å²) in [7, 11) is 1.56. The molecule has 1 aromatic heterocycles. The lowest BCUT2D eigenvalue weighted by Gasteiger charge is -2.08. The zero-order valence-electron chi connectivity index (χ0n) is 10.2. The summed E-state index contributed by atoms with van der Waals surface area (Å²) in [5.74, 6) is 0.340. The number of amides is 1. The minimum atomic E-state index is -0.302. The zero-order valence-corrected chi connectivity index (χ0v) is 11.8. The fourth-order valence-corrected chi connectivity index (χ4v) is 1.88. The highest BCUT2D eigenvalue weighted by Gasteiger charge is 2.09. The van der Waals surface area contributed by atoms with Gasteiger partial charge in [0.15, 0.2) is 0 Å². The topological polar surface area (TPSA) is 77.2 Å². The summed E-state index contributed by atoms with van der Waals surface area (Å²) in [6, 6.07) is 8.48. The Bertz CT molecular complexity index is 599. The molecule has 1 aromatic carbocycles. The number of rotatable bonds is 3. The Labute approximate surface area is 118 Å². The van der Waals surface area contributed by atoms with E-state index < -0.39 is 0 Å². The quantitative estimate of drug-likeness (QED) is 0.911. The van der Waals surface area contributed by atoms with Gasteiger partial charge in [-0.25, -0.2) is 4.98 Å². The van der Waals surface area contributed by atoms with Crippen LogP contribution in [0, 0.1) is 0 Å². The molecule has 1 heterocycles. The van der Waals surface area contributed by atoms with Gasteiger partial charge in [0.2, 0.25) is 0 Å². The van der Waals surface area contributed by atoms with Crippen LogP contribution in [0.25, 0.3) is 0 Å². The van der Waals surface area contributed by atoms with E-state index in [-0.39, 0.29) is 5.91 Å². The van der Waals surface area contributed by atoms with E-state index in [0.29, 0.717) is 22.8 Å². The van der Waals surface area contributed by atoms with Crippen molar-refractivity contribution in [1.29, 1.82) is 0 Å². The van der Waals surface area contributed by atoms with Gasteiger partial charge < -0.3 is 15.8 Å². The Morgan fingerprint density at radius 2 is 2.16 bits per heavy atom. The van der Waals surface area contributed by atoms with Crippen molar-refractivity contribution in [3.63, 3.8) is 0 Å². The first kappa shape index (κ1) is 13.4. The average molecular weight is 322 g/mol. The van der Waals surface area contributed by atoms with Crippen molar-refractivity contribution in [2.24, 2.45) is 0 Å². The lowest BCUT2D eigenvalue weighted by atomic mass is 10.2. The van der Waals surface area contributed by atoms with Crippen LogP contribution in [0.4, 0.5) is 11.4 Å². The van der Waals surface area contributed by atoms with E-state index >= 15 is 0 Å². The summed E-state index contributed by atoms with van der Waals surface area (Å²) < 4.78 is 5.98. The first-order chi connectivity index (χ1) is 9.10. The van der Waals surface area contributed by atoms with Crippen molar-refractivity contribution < 1.29 is 9.53 Å². The number of carbonyl (C=O) groups excluding carboxylic acids is 1. The molecule has 0 spiro atoms. The fourth-order valence-electron chi connectivity index (χ4n) is 1.47. The van der Waals surface area contributed by atoms with Gasteiger partial charge in [0.1, 0.15) is 11.4 Å². The van der Waals surface area contributed by atoms with Crippen molar-refractivity contribution in [3.05, 3.63) is 46.7 Å². The Morgan fingerprint density at radius 3 is 2.79 bits per heavy atom. The van der Waals surface area contributed by atoms with Crippen LogP contribution in [0.5, 0.6) is 5.75 Å². The van der Waals surface area contributed by atoms with E-state index in [2.05, 4.69) is 26.2 Å². The van der Waals surface area contributed by atoms with Gasteiger partial charge in [-0.3, -0.25) is 4.79 Å². The molecule has 1 amide bonds. The molecular weight excluding hydrogens is 310 g/mol. The van der Waals surface area contributed by atoms with Crippen LogP contribution in [-0.2, 0) is 0 Å². The number of carbonyl (C=O) groups is 1. The molecule has 0 radical (unpaired) electrons. The number of benzene rings is 1. The van der Waals surface area contributed by atoms with Crippen molar-refractivity contribution in [2.45, 2.75) is 0 Å². The first-order valence-electron chi connectivity index (χ1n) is 5.46. The number of aromatic nitrogens is 1. The monoisotopic (exact) mass is 321 g/mol. The number of nitrogens with two attached hydrogens (primary N) is 1. The van der Waals surface area contributed by atoms with Gasteiger partial charge in [0.05, 0.1) is 23.5 Å². The van der Waals surface area contributed by atoms with Gasteiger partial charge in [0.25, 0.3) is 5.91 Å². The lowest BCUT2D eigenvalue weighted by Crippen LogP contribution is -2.13. The van der Waals surface area contributed by atoms with Gasteiger partial charge in [-0.15, -0.1) is 0 Å². The SMILES string of the molecule is COc1cc(NC(=O)c2ccc(N)cn2)ccc1Br. The molecule has 2 rings (SSSR count). The van der Waals surface area contributed by atoms with Crippen molar-refractivity contribution in [1.82, 2.24) is 4.98 Å². The summed E-state index contributed by atoms with van der Waals surface area (Å²) in [5.41, 5.74) is 6.96. The van der Waals surface area contributed by atoms with Gasteiger partial charge in [-0.1, -0.05) is 0 Å². The van der Waals surface area contributed by atoms with Gasteiger partial charge >= 0.3 is 0 Å². The van der Waals surface area contributed by atoms with Crippen LogP contribution in [0.1, 0.15) is 10.5 Å². The molecule has 0 bridgehead atoms. The Kier molecular flexibility index (Phi) is 4.01. The number of ether oxygens (including phenoxy) is 1. The minimum Gasteiger partial charge on any atom is -0.495 e. The van der Waals surface area contributed by atoms with E-state index in [0.717, 1.165) is 4.47 Å². The predicted molar refractivity (Wildman–Crippen MR) is 77.3 cm³/mol. The van der Waals surface area contributed by atoms with Crippen molar-refractivity contribution in [2.75, 3.05) is 18.2 Å². The van der Waals surface area contributed by atoms with Gasteiger partial charge in [0, 0.05) is 11.8 Å².